The number of fused-ring (bicyclic) bond motifs is 1. The predicted molar refractivity (Wildman–Crippen MR) is 87.8 cm³/mol. The van der Waals surface area contributed by atoms with Crippen molar-refractivity contribution in [3.63, 3.8) is 0 Å². The molecule has 1 aliphatic heterocycles. The molecule has 1 aliphatic rings. The second-order valence-electron chi connectivity index (χ2n) is 5.82. The van der Waals surface area contributed by atoms with Crippen LogP contribution in [0.4, 0.5) is 4.39 Å². The summed E-state index contributed by atoms with van der Waals surface area (Å²) in [5.41, 5.74) is 1.14. The van der Waals surface area contributed by atoms with Gasteiger partial charge in [0.15, 0.2) is 0 Å². The fourth-order valence-electron chi connectivity index (χ4n) is 2.70. The molecule has 1 unspecified atom stereocenters. The third-order valence-corrected chi connectivity index (χ3v) is 3.97. The van der Waals surface area contributed by atoms with E-state index < -0.39 is 0 Å². The molecule has 0 bridgehead atoms. The van der Waals surface area contributed by atoms with E-state index in [1.807, 2.05) is 24.3 Å². The molecule has 0 aromatic heterocycles. The van der Waals surface area contributed by atoms with Crippen molar-refractivity contribution in [3.8, 4) is 0 Å². The first kappa shape index (κ1) is 16.1. The summed E-state index contributed by atoms with van der Waals surface area (Å²) in [7, 11) is 0. The quantitative estimate of drug-likeness (QED) is 0.920. The molecule has 5 heteroatoms. The standard InChI is InChI=1S/C19H17FN2O2/c1-12(23)21-11-15-7-6-13(9-17(15)20)8-16-10-14-4-2-3-5-18(14)22-19(16)24/h2-7,9-10,16H,8,11H2,1H3,(H,21,23). The maximum absolute atomic E-state index is 14.1. The van der Waals surface area contributed by atoms with Gasteiger partial charge in [-0.05, 0) is 29.3 Å². The minimum absolute atomic E-state index is 0.151. The number of carbonyl (C=O) groups is 2. The molecule has 0 saturated carbocycles. The van der Waals surface area contributed by atoms with Gasteiger partial charge in [-0.25, -0.2) is 9.38 Å². The molecular formula is C19H17FN2O2. The van der Waals surface area contributed by atoms with Gasteiger partial charge >= 0.3 is 0 Å². The molecule has 1 heterocycles. The van der Waals surface area contributed by atoms with Crippen molar-refractivity contribution in [2.75, 3.05) is 0 Å². The monoisotopic (exact) mass is 324 g/mol. The van der Waals surface area contributed by atoms with E-state index in [0.29, 0.717) is 17.3 Å². The van der Waals surface area contributed by atoms with E-state index in [-0.39, 0.29) is 30.1 Å². The topological polar surface area (TPSA) is 58.5 Å². The number of nitrogens with zero attached hydrogens (tertiary/aromatic N) is 1. The summed E-state index contributed by atoms with van der Waals surface area (Å²) in [6.45, 7) is 1.54. The van der Waals surface area contributed by atoms with E-state index >= 15 is 0 Å². The summed E-state index contributed by atoms with van der Waals surface area (Å²) in [5.74, 6) is -1.19. The van der Waals surface area contributed by atoms with Gasteiger partial charge in [0, 0.05) is 19.0 Å². The van der Waals surface area contributed by atoms with Crippen molar-refractivity contribution >= 4 is 17.9 Å². The molecule has 0 spiro atoms. The van der Waals surface area contributed by atoms with Crippen LogP contribution < -0.4 is 15.9 Å². The second-order valence-corrected chi connectivity index (χ2v) is 5.82. The van der Waals surface area contributed by atoms with Crippen LogP contribution in [0.2, 0.25) is 0 Å². The van der Waals surface area contributed by atoms with Crippen molar-refractivity contribution < 1.29 is 14.0 Å². The van der Waals surface area contributed by atoms with E-state index in [2.05, 4.69) is 10.3 Å². The lowest BCUT2D eigenvalue weighted by Crippen LogP contribution is -2.34. The van der Waals surface area contributed by atoms with Crippen LogP contribution >= 0.6 is 0 Å². The van der Waals surface area contributed by atoms with E-state index in [1.165, 1.54) is 13.0 Å². The molecule has 1 N–H and O–H groups in total. The lowest BCUT2D eigenvalue weighted by Gasteiger charge is -2.13. The van der Waals surface area contributed by atoms with E-state index in [4.69, 9.17) is 0 Å². The third-order valence-electron chi connectivity index (χ3n) is 3.97. The van der Waals surface area contributed by atoms with Gasteiger partial charge < -0.3 is 5.32 Å². The number of nitrogens with one attached hydrogen (secondary N) is 1. The fraction of sp³-hybridized carbons (Fsp3) is 0.211. The third kappa shape index (κ3) is 3.56. The number of para-hydroxylation sites is 1. The van der Waals surface area contributed by atoms with Crippen LogP contribution in [0.25, 0.3) is 6.08 Å². The number of carbonyl (C=O) groups excluding carboxylic acids is 2. The maximum Gasteiger partial charge on any atom is 0.253 e. The smallest absolute Gasteiger partial charge is 0.253 e. The van der Waals surface area contributed by atoms with Gasteiger partial charge in [0.05, 0.1) is 11.3 Å². The molecular weight excluding hydrogens is 307 g/mol. The average molecular weight is 324 g/mol. The van der Waals surface area contributed by atoms with Gasteiger partial charge in [-0.3, -0.25) is 9.59 Å². The minimum atomic E-state index is -0.388. The van der Waals surface area contributed by atoms with Crippen LogP contribution in [0.15, 0.2) is 47.5 Å². The van der Waals surface area contributed by atoms with Crippen LogP contribution in [-0.2, 0) is 22.6 Å². The first-order valence-corrected chi connectivity index (χ1v) is 7.74. The van der Waals surface area contributed by atoms with Crippen molar-refractivity contribution in [3.05, 3.63) is 70.0 Å². The average Bonchev–Trinajstić information content (AvgIpc) is 2.54. The molecule has 4 nitrogen and oxygen atoms in total. The Bertz CT molecular complexity index is 921. The molecule has 2 aromatic carbocycles. The van der Waals surface area contributed by atoms with Gasteiger partial charge in [0.1, 0.15) is 5.82 Å². The minimum Gasteiger partial charge on any atom is -0.352 e. The van der Waals surface area contributed by atoms with Crippen LogP contribution in [0.5, 0.6) is 0 Å². The predicted octanol–water partition coefficient (Wildman–Crippen LogP) is 1.26. The molecule has 0 fully saturated rings. The van der Waals surface area contributed by atoms with Crippen molar-refractivity contribution in [2.24, 2.45) is 10.9 Å². The SMILES string of the molecule is CC(=O)NCc1ccc(CC2C=c3ccccc3=NC2=O)cc1F. The number of amides is 2. The molecule has 2 amide bonds. The molecule has 1 atom stereocenters. The van der Waals surface area contributed by atoms with Gasteiger partial charge in [0.2, 0.25) is 5.91 Å². The van der Waals surface area contributed by atoms with Gasteiger partial charge in [-0.2, -0.15) is 0 Å². The Balaban J connectivity index is 1.79. The van der Waals surface area contributed by atoms with Crippen LogP contribution in [0, 0.1) is 11.7 Å². The highest BCUT2D eigenvalue weighted by Gasteiger charge is 2.19. The van der Waals surface area contributed by atoms with Crippen LogP contribution in [0.1, 0.15) is 18.1 Å². The zero-order valence-electron chi connectivity index (χ0n) is 13.3. The molecule has 2 aromatic rings. The first-order chi connectivity index (χ1) is 11.5. The Kier molecular flexibility index (Phi) is 4.51. The van der Waals surface area contributed by atoms with E-state index in [9.17, 15) is 14.0 Å². The number of hydrogen-bond acceptors (Lipinski definition) is 2. The van der Waals surface area contributed by atoms with Gasteiger partial charge in [-0.15, -0.1) is 0 Å². The lowest BCUT2D eigenvalue weighted by molar-refractivity contribution is -0.120. The van der Waals surface area contributed by atoms with Crippen LogP contribution in [-0.4, -0.2) is 11.8 Å². The van der Waals surface area contributed by atoms with E-state index in [0.717, 1.165) is 10.8 Å². The van der Waals surface area contributed by atoms with Crippen LogP contribution in [0.3, 0.4) is 0 Å². The highest BCUT2D eigenvalue weighted by molar-refractivity contribution is 5.86. The first-order valence-electron chi connectivity index (χ1n) is 7.74. The molecule has 0 aliphatic carbocycles. The van der Waals surface area contributed by atoms with Gasteiger partial charge in [0.25, 0.3) is 5.91 Å². The summed E-state index contributed by atoms with van der Waals surface area (Å²) in [4.78, 5) is 27.2. The Morgan fingerprint density at radius 3 is 2.79 bits per heavy atom. The zero-order valence-corrected chi connectivity index (χ0v) is 13.3. The highest BCUT2D eigenvalue weighted by Crippen LogP contribution is 2.17. The summed E-state index contributed by atoms with van der Waals surface area (Å²) in [6, 6.07) is 12.3. The summed E-state index contributed by atoms with van der Waals surface area (Å²) in [5, 5.41) is 4.16. The largest absolute Gasteiger partial charge is 0.352 e. The zero-order chi connectivity index (χ0) is 17.1. The Hall–Kier alpha value is -2.82. The number of rotatable bonds is 4. The second kappa shape index (κ2) is 6.74. The fourth-order valence-corrected chi connectivity index (χ4v) is 2.70. The molecule has 3 rings (SSSR count). The number of benzene rings is 2. The van der Waals surface area contributed by atoms with E-state index in [1.54, 1.807) is 18.2 Å². The normalized spacial score (nSPS) is 15.9. The Morgan fingerprint density at radius 2 is 2.04 bits per heavy atom. The maximum atomic E-state index is 14.1. The number of halogens is 1. The molecule has 24 heavy (non-hydrogen) atoms. The highest BCUT2D eigenvalue weighted by atomic mass is 19.1. The molecule has 122 valence electrons. The lowest BCUT2D eigenvalue weighted by atomic mass is 9.95. The number of hydrogen-bond donors (Lipinski definition) is 1. The Labute approximate surface area is 138 Å². The summed E-state index contributed by atoms with van der Waals surface area (Å²) in [6.07, 6.45) is 2.28. The van der Waals surface area contributed by atoms with Crippen molar-refractivity contribution in [1.82, 2.24) is 5.32 Å². The summed E-state index contributed by atoms with van der Waals surface area (Å²) < 4.78 is 14.1. The summed E-state index contributed by atoms with van der Waals surface area (Å²) >= 11 is 0. The molecule has 0 saturated heterocycles. The Morgan fingerprint density at radius 1 is 1.25 bits per heavy atom. The van der Waals surface area contributed by atoms with Crippen molar-refractivity contribution in [1.29, 1.82) is 0 Å². The van der Waals surface area contributed by atoms with Crippen molar-refractivity contribution in [2.45, 2.75) is 19.9 Å². The molecule has 0 radical (unpaired) electrons. The van der Waals surface area contributed by atoms with Gasteiger partial charge in [-0.1, -0.05) is 36.4 Å².